The van der Waals surface area contributed by atoms with Gasteiger partial charge in [-0.15, -0.1) is 0 Å². The van der Waals surface area contributed by atoms with E-state index in [1.165, 1.54) is 18.4 Å². The first kappa shape index (κ1) is 10.4. The fourth-order valence-electron chi connectivity index (χ4n) is 0.989. The summed E-state index contributed by atoms with van der Waals surface area (Å²) in [7, 11) is 0. The van der Waals surface area contributed by atoms with Gasteiger partial charge in [0.05, 0.1) is 0 Å². The van der Waals surface area contributed by atoms with Crippen molar-refractivity contribution in [3.8, 4) is 0 Å². The molecule has 64 valence electrons. The van der Waals surface area contributed by atoms with Crippen LogP contribution in [0.3, 0.4) is 0 Å². The second kappa shape index (κ2) is 6.14. The molecule has 0 spiro atoms. The van der Waals surface area contributed by atoms with Crippen LogP contribution in [-0.2, 0) is 4.79 Å². The first-order chi connectivity index (χ1) is 5.16. The van der Waals surface area contributed by atoms with Crippen molar-refractivity contribution < 1.29 is 4.79 Å². The van der Waals surface area contributed by atoms with E-state index in [0.717, 1.165) is 18.6 Å². The van der Waals surface area contributed by atoms with Crippen molar-refractivity contribution in [2.24, 2.45) is 5.92 Å². The highest BCUT2D eigenvalue weighted by molar-refractivity contribution is 5.65. The summed E-state index contributed by atoms with van der Waals surface area (Å²) >= 11 is 0. The molecular formula is C10H18O. The van der Waals surface area contributed by atoms with Crippen LogP contribution in [0.2, 0.25) is 0 Å². The summed E-state index contributed by atoms with van der Waals surface area (Å²) in [6, 6.07) is 0. The van der Waals surface area contributed by atoms with Gasteiger partial charge in [0.25, 0.3) is 0 Å². The molecule has 0 aliphatic rings. The van der Waals surface area contributed by atoms with Gasteiger partial charge in [-0.2, -0.15) is 0 Å². The van der Waals surface area contributed by atoms with Crippen molar-refractivity contribution in [3.05, 3.63) is 11.6 Å². The maximum atomic E-state index is 10.0. The maximum Gasteiger partial charge on any atom is 0.142 e. The third-order valence-electron chi connectivity index (χ3n) is 1.71. The van der Waals surface area contributed by atoms with E-state index in [-0.39, 0.29) is 0 Å². The second-order valence-electron chi connectivity index (χ2n) is 3.44. The lowest BCUT2D eigenvalue weighted by molar-refractivity contribution is -0.104. The summed E-state index contributed by atoms with van der Waals surface area (Å²) in [6.07, 6.45) is 6.04. The SMILES string of the molecule is C/C(=C\C=O)CCCC(C)C. The molecule has 0 amide bonds. The molecule has 0 bridgehead atoms. The highest BCUT2D eigenvalue weighted by Crippen LogP contribution is 2.10. The zero-order chi connectivity index (χ0) is 8.69. The summed E-state index contributed by atoms with van der Waals surface area (Å²) in [5, 5.41) is 0. The molecule has 0 aliphatic carbocycles. The summed E-state index contributed by atoms with van der Waals surface area (Å²) < 4.78 is 0. The molecule has 0 aromatic carbocycles. The van der Waals surface area contributed by atoms with E-state index in [9.17, 15) is 4.79 Å². The number of rotatable bonds is 5. The third-order valence-corrected chi connectivity index (χ3v) is 1.71. The van der Waals surface area contributed by atoms with E-state index in [1.54, 1.807) is 6.08 Å². The van der Waals surface area contributed by atoms with Crippen LogP contribution in [0.4, 0.5) is 0 Å². The van der Waals surface area contributed by atoms with Gasteiger partial charge in [-0.1, -0.05) is 25.8 Å². The molecule has 0 N–H and O–H groups in total. The molecule has 0 saturated carbocycles. The average Bonchev–Trinajstić information content (AvgIpc) is 1.87. The maximum absolute atomic E-state index is 10.0. The molecule has 0 aromatic heterocycles. The van der Waals surface area contributed by atoms with Crippen LogP contribution in [0, 0.1) is 5.92 Å². The lowest BCUT2D eigenvalue weighted by Gasteiger charge is -2.03. The second-order valence-corrected chi connectivity index (χ2v) is 3.44. The van der Waals surface area contributed by atoms with Gasteiger partial charge >= 0.3 is 0 Å². The van der Waals surface area contributed by atoms with Gasteiger partial charge in [0.2, 0.25) is 0 Å². The normalized spacial score (nSPS) is 12.2. The Kier molecular flexibility index (Phi) is 5.81. The molecule has 0 aliphatic heterocycles. The number of carbonyl (C=O) groups is 1. The minimum Gasteiger partial charge on any atom is -0.299 e. The number of hydrogen-bond acceptors (Lipinski definition) is 1. The summed E-state index contributed by atoms with van der Waals surface area (Å²) in [5.41, 5.74) is 1.20. The summed E-state index contributed by atoms with van der Waals surface area (Å²) in [5.74, 6) is 0.777. The smallest absolute Gasteiger partial charge is 0.142 e. The van der Waals surface area contributed by atoms with Gasteiger partial charge in [-0.05, 0) is 31.8 Å². The Hall–Kier alpha value is -0.590. The number of hydrogen-bond donors (Lipinski definition) is 0. The van der Waals surface area contributed by atoms with Crippen LogP contribution in [0.5, 0.6) is 0 Å². The molecule has 0 fully saturated rings. The molecule has 0 saturated heterocycles. The van der Waals surface area contributed by atoms with Crippen LogP contribution >= 0.6 is 0 Å². The number of aldehydes is 1. The lowest BCUT2D eigenvalue weighted by atomic mass is 10.0. The van der Waals surface area contributed by atoms with Crippen molar-refractivity contribution in [1.82, 2.24) is 0 Å². The molecule has 0 heterocycles. The van der Waals surface area contributed by atoms with E-state index >= 15 is 0 Å². The molecule has 0 rings (SSSR count). The largest absolute Gasteiger partial charge is 0.299 e. The highest BCUT2D eigenvalue weighted by Gasteiger charge is 1.94. The zero-order valence-corrected chi connectivity index (χ0v) is 7.76. The first-order valence-electron chi connectivity index (χ1n) is 4.27. The average molecular weight is 154 g/mol. The van der Waals surface area contributed by atoms with Crippen molar-refractivity contribution in [1.29, 1.82) is 0 Å². The Morgan fingerprint density at radius 3 is 2.55 bits per heavy atom. The molecular weight excluding hydrogens is 136 g/mol. The summed E-state index contributed by atoms with van der Waals surface area (Å²) in [4.78, 5) is 10.0. The molecule has 1 heteroatoms. The first-order valence-corrected chi connectivity index (χ1v) is 4.27. The number of allylic oxidation sites excluding steroid dienone is 2. The van der Waals surface area contributed by atoms with Gasteiger partial charge in [0, 0.05) is 0 Å². The van der Waals surface area contributed by atoms with Gasteiger partial charge in [-0.3, -0.25) is 4.79 Å². The Labute approximate surface area is 69.5 Å². The predicted molar refractivity (Wildman–Crippen MR) is 48.5 cm³/mol. The molecule has 1 nitrogen and oxygen atoms in total. The Morgan fingerprint density at radius 2 is 2.09 bits per heavy atom. The molecule has 0 radical (unpaired) electrons. The van der Waals surface area contributed by atoms with Crippen molar-refractivity contribution in [3.63, 3.8) is 0 Å². The van der Waals surface area contributed by atoms with E-state index in [0.29, 0.717) is 0 Å². The van der Waals surface area contributed by atoms with Gasteiger partial charge in [-0.25, -0.2) is 0 Å². The van der Waals surface area contributed by atoms with Crippen LogP contribution in [0.1, 0.15) is 40.0 Å². The van der Waals surface area contributed by atoms with Crippen LogP contribution < -0.4 is 0 Å². The van der Waals surface area contributed by atoms with Gasteiger partial charge < -0.3 is 0 Å². The van der Waals surface area contributed by atoms with Crippen molar-refractivity contribution >= 4 is 6.29 Å². The number of carbonyl (C=O) groups excluding carboxylic acids is 1. The summed E-state index contributed by atoms with van der Waals surface area (Å²) in [6.45, 7) is 6.45. The topological polar surface area (TPSA) is 17.1 Å². The molecule has 0 unspecified atom stereocenters. The third kappa shape index (κ3) is 7.31. The van der Waals surface area contributed by atoms with Crippen LogP contribution in [0.15, 0.2) is 11.6 Å². The highest BCUT2D eigenvalue weighted by atomic mass is 16.1. The minimum atomic E-state index is 0.777. The quantitative estimate of drug-likeness (QED) is 0.439. The van der Waals surface area contributed by atoms with Crippen molar-refractivity contribution in [2.45, 2.75) is 40.0 Å². The molecule has 0 atom stereocenters. The zero-order valence-electron chi connectivity index (χ0n) is 7.76. The van der Waals surface area contributed by atoms with Crippen molar-refractivity contribution in [2.75, 3.05) is 0 Å². The fourth-order valence-corrected chi connectivity index (χ4v) is 0.989. The van der Waals surface area contributed by atoms with Crippen LogP contribution in [0.25, 0.3) is 0 Å². The van der Waals surface area contributed by atoms with Crippen LogP contribution in [-0.4, -0.2) is 6.29 Å². The fraction of sp³-hybridized carbons (Fsp3) is 0.700. The minimum absolute atomic E-state index is 0.777. The standard InChI is InChI=1S/C10H18O/c1-9(2)5-4-6-10(3)7-8-11/h7-9H,4-6H2,1-3H3/b10-7+. The van der Waals surface area contributed by atoms with E-state index in [2.05, 4.69) is 13.8 Å². The van der Waals surface area contributed by atoms with E-state index in [4.69, 9.17) is 0 Å². The lowest BCUT2D eigenvalue weighted by Crippen LogP contribution is -1.87. The van der Waals surface area contributed by atoms with E-state index < -0.39 is 0 Å². The van der Waals surface area contributed by atoms with Gasteiger partial charge in [0.15, 0.2) is 0 Å². The Bertz CT molecular complexity index is 134. The monoisotopic (exact) mass is 154 g/mol. The molecule has 11 heavy (non-hydrogen) atoms. The van der Waals surface area contributed by atoms with E-state index in [1.807, 2.05) is 6.92 Å². The van der Waals surface area contributed by atoms with Gasteiger partial charge in [0.1, 0.15) is 6.29 Å². The Morgan fingerprint density at radius 1 is 1.45 bits per heavy atom. The predicted octanol–water partition coefficient (Wildman–Crippen LogP) is 2.96. The Balaban J connectivity index is 3.38. The molecule has 0 aromatic rings.